The van der Waals surface area contributed by atoms with Crippen molar-refractivity contribution in [2.45, 2.75) is 38.2 Å². The van der Waals surface area contributed by atoms with Crippen molar-refractivity contribution in [2.75, 3.05) is 12.4 Å². The molecule has 0 bridgehead atoms. The second kappa shape index (κ2) is 10.8. The van der Waals surface area contributed by atoms with Gasteiger partial charge in [0.2, 0.25) is 0 Å². The standard InChI is InChI=1S/C31H28ClNO5S/c1-18-6-4-5-7-23(18)19(2)38-30(36)33-25-17-27(32)39-28(25)21-10-13-24(26(16-21)37-3)20-8-11-22(12-9-20)31(14-15-31)29(34)35/h4-13,16-17,19H,14-15H2,1-3H3,(H,33,36)(H,34,35)/t19-/m1/s1. The van der Waals surface area contributed by atoms with Gasteiger partial charge in [-0.15, -0.1) is 11.3 Å². The normalized spacial score (nSPS) is 14.4. The highest BCUT2D eigenvalue weighted by Gasteiger charge is 2.51. The van der Waals surface area contributed by atoms with Crippen molar-refractivity contribution in [3.8, 4) is 27.3 Å². The molecule has 1 aliphatic carbocycles. The van der Waals surface area contributed by atoms with Crippen LogP contribution in [-0.2, 0) is 14.9 Å². The highest BCUT2D eigenvalue weighted by atomic mass is 35.5. The number of thiophene rings is 1. The first-order valence-corrected chi connectivity index (χ1v) is 13.8. The fourth-order valence-corrected chi connectivity index (χ4v) is 6.04. The van der Waals surface area contributed by atoms with Gasteiger partial charge in [-0.2, -0.15) is 0 Å². The van der Waals surface area contributed by atoms with Crippen molar-refractivity contribution in [3.05, 3.63) is 93.8 Å². The van der Waals surface area contributed by atoms with Crippen LogP contribution >= 0.6 is 22.9 Å². The Morgan fingerprint density at radius 2 is 1.72 bits per heavy atom. The third-order valence-electron chi connectivity index (χ3n) is 7.22. The number of hydrogen-bond acceptors (Lipinski definition) is 5. The maximum atomic E-state index is 12.8. The number of halogens is 1. The minimum Gasteiger partial charge on any atom is -0.496 e. The summed E-state index contributed by atoms with van der Waals surface area (Å²) in [6.07, 6.45) is 0.343. The van der Waals surface area contributed by atoms with Crippen LogP contribution in [0.3, 0.4) is 0 Å². The molecule has 6 nitrogen and oxygen atoms in total. The summed E-state index contributed by atoms with van der Waals surface area (Å²) in [4.78, 5) is 25.2. The minimum atomic E-state index is -0.773. The number of ether oxygens (including phenoxy) is 2. The molecule has 2 N–H and O–H groups in total. The van der Waals surface area contributed by atoms with Gasteiger partial charge in [0.05, 0.1) is 27.4 Å². The van der Waals surface area contributed by atoms with E-state index in [1.165, 1.54) is 11.3 Å². The number of benzene rings is 3. The maximum absolute atomic E-state index is 12.8. The van der Waals surface area contributed by atoms with Crippen molar-refractivity contribution >= 4 is 40.7 Å². The number of carboxylic acid groups (broad SMARTS) is 1. The zero-order valence-corrected chi connectivity index (χ0v) is 23.4. The second-order valence-corrected chi connectivity index (χ2v) is 11.4. The number of aryl methyl sites for hydroxylation is 1. The van der Waals surface area contributed by atoms with Crippen LogP contribution in [0, 0.1) is 6.92 Å². The van der Waals surface area contributed by atoms with Gasteiger partial charge >= 0.3 is 12.1 Å². The van der Waals surface area contributed by atoms with E-state index in [2.05, 4.69) is 5.32 Å². The molecule has 0 radical (unpaired) electrons. The summed E-state index contributed by atoms with van der Waals surface area (Å²) in [5.41, 5.74) is 5.24. The lowest BCUT2D eigenvalue weighted by molar-refractivity contribution is -0.140. The molecule has 1 aliphatic rings. The van der Waals surface area contributed by atoms with Crippen molar-refractivity contribution < 1.29 is 24.2 Å². The maximum Gasteiger partial charge on any atom is 0.412 e. The summed E-state index contributed by atoms with van der Waals surface area (Å²) in [6, 6.07) is 22.9. The predicted molar refractivity (Wildman–Crippen MR) is 155 cm³/mol. The van der Waals surface area contributed by atoms with Crippen LogP contribution in [0.1, 0.15) is 42.6 Å². The van der Waals surface area contributed by atoms with Gasteiger partial charge in [-0.1, -0.05) is 72.3 Å². The highest BCUT2D eigenvalue weighted by Crippen LogP contribution is 2.49. The fraction of sp³-hybridized carbons (Fsp3) is 0.226. The van der Waals surface area contributed by atoms with Crippen LogP contribution in [0.5, 0.6) is 5.75 Å². The Balaban J connectivity index is 1.37. The summed E-state index contributed by atoms with van der Waals surface area (Å²) < 4.78 is 11.9. The topological polar surface area (TPSA) is 84.9 Å². The minimum absolute atomic E-state index is 0.417. The molecule has 1 amide bonds. The smallest absolute Gasteiger partial charge is 0.412 e. The number of amides is 1. The first kappa shape index (κ1) is 26.8. The average molecular weight is 562 g/mol. The zero-order valence-electron chi connectivity index (χ0n) is 21.8. The Kier molecular flexibility index (Phi) is 7.38. The van der Waals surface area contributed by atoms with Crippen molar-refractivity contribution in [1.82, 2.24) is 0 Å². The molecule has 1 heterocycles. The zero-order chi connectivity index (χ0) is 27.7. The predicted octanol–water partition coefficient (Wildman–Crippen LogP) is 8.48. The Hall–Kier alpha value is -3.81. The number of hydrogen-bond donors (Lipinski definition) is 2. The summed E-state index contributed by atoms with van der Waals surface area (Å²) in [5, 5.41) is 12.4. The van der Waals surface area contributed by atoms with E-state index in [1.54, 1.807) is 13.2 Å². The van der Waals surface area contributed by atoms with Crippen LogP contribution in [0.4, 0.5) is 10.5 Å². The number of methoxy groups -OCH3 is 1. The Morgan fingerprint density at radius 1 is 1.03 bits per heavy atom. The number of carbonyl (C=O) groups excluding carboxylic acids is 1. The lowest BCUT2D eigenvalue weighted by atomic mass is 9.93. The highest BCUT2D eigenvalue weighted by molar-refractivity contribution is 7.20. The molecule has 8 heteroatoms. The largest absolute Gasteiger partial charge is 0.496 e. The quantitative estimate of drug-likeness (QED) is 0.225. The summed E-state index contributed by atoms with van der Waals surface area (Å²) in [5.74, 6) is -0.129. The lowest BCUT2D eigenvalue weighted by Gasteiger charge is -2.16. The SMILES string of the molecule is COc1cc(-c2sc(Cl)cc2NC(=O)O[C@H](C)c2ccccc2C)ccc1-c1ccc(C2(C(=O)O)CC2)cc1. The molecule has 0 spiro atoms. The van der Waals surface area contributed by atoms with E-state index in [4.69, 9.17) is 21.1 Å². The molecule has 200 valence electrons. The number of carboxylic acids is 1. The van der Waals surface area contributed by atoms with E-state index in [1.807, 2.05) is 80.6 Å². The van der Waals surface area contributed by atoms with Crippen LogP contribution in [0.2, 0.25) is 4.34 Å². The van der Waals surface area contributed by atoms with Crippen LogP contribution in [0.25, 0.3) is 21.6 Å². The van der Waals surface area contributed by atoms with Gasteiger partial charge in [0.25, 0.3) is 0 Å². The first-order chi connectivity index (χ1) is 18.7. The van der Waals surface area contributed by atoms with Crippen LogP contribution < -0.4 is 10.1 Å². The Morgan fingerprint density at radius 3 is 2.36 bits per heavy atom. The van der Waals surface area contributed by atoms with Crippen LogP contribution in [0.15, 0.2) is 72.8 Å². The monoisotopic (exact) mass is 561 g/mol. The van der Waals surface area contributed by atoms with Gasteiger partial charge in [0.15, 0.2) is 0 Å². The number of carbonyl (C=O) groups is 2. The number of nitrogens with one attached hydrogen (secondary N) is 1. The molecule has 0 aliphatic heterocycles. The molecule has 0 saturated heterocycles. The number of anilines is 1. The molecule has 1 aromatic heterocycles. The van der Waals surface area contributed by atoms with E-state index in [0.717, 1.165) is 38.3 Å². The Labute approximate surface area is 236 Å². The van der Waals surface area contributed by atoms with Crippen molar-refractivity contribution in [1.29, 1.82) is 0 Å². The average Bonchev–Trinajstić information content (AvgIpc) is 3.66. The van der Waals surface area contributed by atoms with E-state index < -0.39 is 23.6 Å². The first-order valence-electron chi connectivity index (χ1n) is 12.6. The molecule has 39 heavy (non-hydrogen) atoms. The van der Waals surface area contributed by atoms with E-state index >= 15 is 0 Å². The number of aliphatic carboxylic acids is 1. The molecular formula is C31H28ClNO5S. The molecule has 1 atom stereocenters. The van der Waals surface area contributed by atoms with E-state index in [0.29, 0.717) is 28.6 Å². The molecule has 1 saturated carbocycles. The second-order valence-electron chi connectivity index (χ2n) is 9.70. The number of rotatable bonds is 8. The van der Waals surface area contributed by atoms with Crippen molar-refractivity contribution in [3.63, 3.8) is 0 Å². The molecule has 3 aromatic carbocycles. The van der Waals surface area contributed by atoms with Gasteiger partial charge in [-0.3, -0.25) is 10.1 Å². The summed E-state index contributed by atoms with van der Waals surface area (Å²) in [7, 11) is 1.60. The molecule has 5 rings (SSSR count). The lowest BCUT2D eigenvalue weighted by Crippen LogP contribution is -2.19. The van der Waals surface area contributed by atoms with Crippen molar-refractivity contribution in [2.24, 2.45) is 0 Å². The third kappa shape index (κ3) is 5.37. The Bertz CT molecular complexity index is 1540. The van der Waals surface area contributed by atoms with E-state index in [-0.39, 0.29) is 0 Å². The van der Waals surface area contributed by atoms with E-state index in [9.17, 15) is 14.7 Å². The van der Waals surface area contributed by atoms with Gasteiger partial charge < -0.3 is 14.6 Å². The van der Waals surface area contributed by atoms with Gasteiger partial charge in [0.1, 0.15) is 11.9 Å². The molecule has 4 aromatic rings. The molecule has 0 unspecified atom stereocenters. The van der Waals surface area contributed by atoms with Gasteiger partial charge in [0, 0.05) is 5.56 Å². The molecular weight excluding hydrogens is 534 g/mol. The van der Waals surface area contributed by atoms with Gasteiger partial charge in [-0.05, 0) is 66.6 Å². The summed E-state index contributed by atoms with van der Waals surface area (Å²) >= 11 is 7.70. The molecule has 1 fully saturated rings. The third-order valence-corrected chi connectivity index (χ3v) is 8.53. The van der Waals surface area contributed by atoms with Crippen LogP contribution in [-0.4, -0.2) is 24.3 Å². The summed E-state index contributed by atoms with van der Waals surface area (Å²) in [6.45, 7) is 3.82. The van der Waals surface area contributed by atoms with Gasteiger partial charge in [-0.25, -0.2) is 4.79 Å². The fourth-order valence-electron chi connectivity index (χ4n) is 4.87.